The molecule has 1 N–H and O–H groups in total. The first kappa shape index (κ1) is 15.4. The number of nitrogens with zero attached hydrogens (tertiary/aromatic N) is 1. The average Bonchev–Trinajstić information content (AvgIpc) is 2.75. The fourth-order valence-corrected chi connectivity index (χ4v) is 2.66. The van der Waals surface area contributed by atoms with Crippen LogP contribution in [-0.4, -0.2) is 15.6 Å². The molecule has 0 fully saturated rings. The van der Waals surface area contributed by atoms with E-state index in [1.54, 1.807) is 0 Å². The molecule has 0 saturated carbocycles. The molecule has 0 aliphatic carbocycles. The van der Waals surface area contributed by atoms with Crippen molar-refractivity contribution in [2.45, 2.75) is 46.1 Å². The summed E-state index contributed by atoms with van der Waals surface area (Å²) in [6.07, 6.45) is 0.901. The van der Waals surface area contributed by atoms with E-state index in [0.717, 1.165) is 24.4 Å². The van der Waals surface area contributed by atoms with Crippen molar-refractivity contribution in [3.63, 3.8) is 0 Å². The third-order valence-corrected chi connectivity index (χ3v) is 3.83. The molecule has 21 heavy (non-hydrogen) atoms. The number of carbonyl (C=O) groups is 1. The van der Waals surface area contributed by atoms with Gasteiger partial charge in [0.1, 0.15) is 0 Å². The Bertz CT molecular complexity index is 633. The van der Waals surface area contributed by atoms with Crippen LogP contribution in [0.2, 0.25) is 0 Å². The lowest BCUT2D eigenvalue weighted by atomic mass is 9.91. The van der Waals surface area contributed by atoms with Crippen molar-refractivity contribution in [3.8, 4) is 0 Å². The van der Waals surface area contributed by atoms with E-state index < -0.39 is 5.97 Å². The number of hydrogen-bond acceptors (Lipinski definition) is 1. The third kappa shape index (κ3) is 3.35. The first-order valence-corrected chi connectivity index (χ1v) is 7.28. The third-order valence-electron chi connectivity index (χ3n) is 3.83. The summed E-state index contributed by atoms with van der Waals surface area (Å²) in [6.45, 7) is 9.05. The Labute approximate surface area is 126 Å². The summed E-state index contributed by atoms with van der Waals surface area (Å²) in [6, 6.07) is 12.1. The second kappa shape index (κ2) is 5.76. The molecule has 2 aromatic rings. The molecule has 0 aliphatic rings. The molecule has 0 unspecified atom stereocenters. The van der Waals surface area contributed by atoms with Gasteiger partial charge in [0, 0.05) is 23.3 Å². The Morgan fingerprint density at radius 1 is 1.19 bits per heavy atom. The van der Waals surface area contributed by atoms with E-state index in [-0.39, 0.29) is 5.41 Å². The molecule has 0 atom stereocenters. The highest BCUT2D eigenvalue weighted by molar-refractivity contribution is 5.89. The standard InChI is InChI=1S/C18H23NO2/c1-13-15(17(20)21)12-16(18(2,3)4)19(13)11-10-14-8-6-5-7-9-14/h5-9,12H,10-11H2,1-4H3,(H,20,21). The number of rotatable bonds is 4. The fraction of sp³-hybridized carbons (Fsp3) is 0.389. The van der Waals surface area contributed by atoms with Crippen LogP contribution in [0.3, 0.4) is 0 Å². The highest BCUT2D eigenvalue weighted by Crippen LogP contribution is 2.28. The molecule has 3 heteroatoms. The second-order valence-corrected chi connectivity index (χ2v) is 6.47. The van der Waals surface area contributed by atoms with Crippen LogP contribution < -0.4 is 0 Å². The van der Waals surface area contributed by atoms with E-state index in [1.807, 2.05) is 31.2 Å². The van der Waals surface area contributed by atoms with Crippen LogP contribution in [0.4, 0.5) is 0 Å². The molecular weight excluding hydrogens is 262 g/mol. The van der Waals surface area contributed by atoms with E-state index in [4.69, 9.17) is 0 Å². The first-order valence-electron chi connectivity index (χ1n) is 7.28. The largest absolute Gasteiger partial charge is 0.478 e. The summed E-state index contributed by atoms with van der Waals surface area (Å²) in [5, 5.41) is 9.34. The Kier molecular flexibility index (Phi) is 4.21. The van der Waals surface area contributed by atoms with Crippen LogP contribution in [0.1, 0.15) is 48.1 Å². The minimum atomic E-state index is -0.850. The maximum Gasteiger partial charge on any atom is 0.337 e. The molecule has 0 bridgehead atoms. The number of aromatic nitrogens is 1. The molecule has 2 rings (SSSR count). The van der Waals surface area contributed by atoms with Gasteiger partial charge in [0.15, 0.2) is 0 Å². The van der Waals surface area contributed by atoms with Crippen LogP contribution in [0.5, 0.6) is 0 Å². The fourth-order valence-electron chi connectivity index (χ4n) is 2.66. The van der Waals surface area contributed by atoms with Gasteiger partial charge in [-0.25, -0.2) is 4.79 Å². The SMILES string of the molecule is Cc1c(C(=O)O)cc(C(C)(C)C)n1CCc1ccccc1. The zero-order valence-corrected chi connectivity index (χ0v) is 13.2. The molecule has 0 spiro atoms. The zero-order chi connectivity index (χ0) is 15.6. The number of benzene rings is 1. The van der Waals surface area contributed by atoms with Gasteiger partial charge >= 0.3 is 5.97 Å². The summed E-state index contributed by atoms with van der Waals surface area (Å²) >= 11 is 0. The monoisotopic (exact) mass is 285 g/mol. The van der Waals surface area contributed by atoms with Gasteiger partial charge in [0.25, 0.3) is 0 Å². The van der Waals surface area contributed by atoms with E-state index in [0.29, 0.717) is 5.56 Å². The average molecular weight is 285 g/mol. The van der Waals surface area contributed by atoms with Gasteiger partial charge in [-0.05, 0) is 25.0 Å². The van der Waals surface area contributed by atoms with Gasteiger partial charge in [-0.1, -0.05) is 51.1 Å². The minimum absolute atomic E-state index is 0.0743. The molecule has 0 aliphatic heterocycles. The number of carboxylic acid groups (broad SMARTS) is 1. The molecule has 1 aromatic carbocycles. The summed E-state index contributed by atoms with van der Waals surface area (Å²) in [7, 11) is 0. The molecule has 112 valence electrons. The van der Waals surface area contributed by atoms with Crippen molar-refractivity contribution in [2.75, 3.05) is 0 Å². The molecule has 1 aromatic heterocycles. The Morgan fingerprint density at radius 3 is 2.33 bits per heavy atom. The lowest BCUT2D eigenvalue weighted by Crippen LogP contribution is -2.19. The van der Waals surface area contributed by atoms with Crippen molar-refractivity contribution in [1.29, 1.82) is 0 Å². The van der Waals surface area contributed by atoms with Crippen molar-refractivity contribution in [1.82, 2.24) is 4.57 Å². The van der Waals surface area contributed by atoms with Gasteiger partial charge in [0.2, 0.25) is 0 Å². The van der Waals surface area contributed by atoms with Gasteiger partial charge in [0.05, 0.1) is 5.56 Å². The number of aryl methyl sites for hydroxylation is 1. The normalized spacial score (nSPS) is 11.6. The zero-order valence-electron chi connectivity index (χ0n) is 13.2. The van der Waals surface area contributed by atoms with Crippen molar-refractivity contribution in [3.05, 3.63) is 58.9 Å². The van der Waals surface area contributed by atoms with Crippen LogP contribution in [0.25, 0.3) is 0 Å². The summed E-state index contributed by atoms with van der Waals surface area (Å²) < 4.78 is 2.15. The van der Waals surface area contributed by atoms with Gasteiger partial charge in [-0.15, -0.1) is 0 Å². The number of hydrogen-bond donors (Lipinski definition) is 1. The summed E-state index contributed by atoms with van der Waals surface area (Å²) in [5.74, 6) is -0.850. The lowest BCUT2D eigenvalue weighted by molar-refractivity contribution is 0.0696. The maximum absolute atomic E-state index is 11.4. The van der Waals surface area contributed by atoms with Crippen molar-refractivity contribution >= 4 is 5.97 Å². The molecular formula is C18H23NO2. The highest BCUT2D eigenvalue weighted by atomic mass is 16.4. The van der Waals surface area contributed by atoms with Crippen LogP contribution >= 0.6 is 0 Å². The van der Waals surface area contributed by atoms with Crippen LogP contribution in [-0.2, 0) is 18.4 Å². The van der Waals surface area contributed by atoms with E-state index in [9.17, 15) is 9.90 Å². The van der Waals surface area contributed by atoms with Crippen LogP contribution in [0, 0.1) is 6.92 Å². The van der Waals surface area contributed by atoms with Gasteiger partial charge in [-0.3, -0.25) is 0 Å². The maximum atomic E-state index is 11.4. The molecule has 0 amide bonds. The van der Waals surface area contributed by atoms with E-state index >= 15 is 0 Å². The van der Waals surface area contributed by atoms with E-state index in [1.165, 1.54) is 5.56 Å². The quantitative estimate of drug-likeness (QED) is 0.921. The van der Waals surface area contributed by atoms with Gasteiger partial charge in [-0.2, -0.15) is 0 Å². The van der Waals surface area contributed by atoms with Crippen molar-refractivity contribution < 1.29 is 9.90 Å². The van der Waals surface area contributed by atoms with E-state index in [2.05, 4.69) is 37.5 Å². The topological polar surface area (TPSA) is 42.2 Å². The Morgan fingerprint density at radius 2 is 1.81 bits per heavy atom. The first-order chi connectivity index (χ1) is 9.80. The molecule has 0 radical (unpaired) electrons. The number of carboxylic acids is 1. The number of aromatic carboxylic acids is 1. The van der Waals surface area contributed by atoms with Gasteiger partial charge < -0.3 is 9.67 Å². The minimum Gasteiger partial charge on any atom is -0.478 e. The smallest absolute Gasteiger partial charge is 0.337 e. The van der Waals surface area contributed by atoms with Crippen molar-refractivity contribution in [2.24, 2.45) is 0 Å². The highest BCUT2D eigenvalue weighted by Gasteiger charge is 2.24. The summed E-state index contributed by atoms with van der Waals surface area (Å²) in [4.78, 5) is 11.4. The molecule has 3 nitrogen and oxygen atoms in total. The predicted octanol–water partition coefficient (Wildman–Crippen LogP) is 4.03. The Hall–Kier alpha value is -2.03. The molecule has 1 heterocycles. The molecule has 0 saturated heterocycles. The predicted molar refractivity (Wildman–Crippen MR) is 85.0 cm³/mol. The van der Waals surface area contributed by atoms with Crippen LogP contribution in [0.15, 0.2) is 36.4 Å². The Balaban J connectivity index is 2.35. The summed E-state index contributed by atoms with van der Waals surface area (Å²) in [5.41, 5.74) is 3.52. The lowest BCUT2D eigenvalue weighted by Gasteiger charge is -2.22. The second-order valence-electron chi connectivity index (χ2n) is 6.47.